The van der Waals surface area contributed by atoms with Gasteiger partial charge >= 0.3 is 0 Å². The van der Waals surface area contributed by atoms with Crippen molar-refractivity contribution in [2.75, 3.05) is 11.9 Å². The van der Waals surface area contributed by atoms with Crippen molar-refractivity contribution in [1.29, 1.82) is 0 Å². The molecule has 2 aliphatic rings. The van der Waals surface area contributed by atoms with E-state index in [1.165, 1.54) is 0 Å². The summed E-state index contributed by atoms with van der Waals surface area (Å²) in [5, 5.41) is 3.33. The van der Waals surface area contributed by atoms with Crippen molar-refractivity contribution in [2.24, 2.45) is 17.1 Å². The number of amides is 1. The molecule has 0 aromatic heterocycles. The molecule has 1 heterocycles. The molecule has 0 bridgehead atoms. The van der Waals surface area contributed by atoms with Gasteiger partial charge in [-0.2, -0.15) is 0 Å². The zero-order valence-corrected chi connectivity index (χ0v) is 12.2. The third-order valence-electron chi connectivity index (χ3n) is 4.80. The molecule has 21 heavy (non-hydrogen) atoms. The highest BCUT2D eigenvalue weighted by Crippen LogP contribution is 2.44. The van der Waals surface area contributed by atoms with Gasteiger partial charge in [-0.25, -0.2) is 0 Å². The predicted molar refractivity (Wildman–Crippen MR) is 82.6 cm³/mol. The molecular weight excluding hydrogens is 264 g/mol. The fourth-order valence-electron chi connectivity index (χ4n) is 3.57. The average molecular weight is 284 g/mol. The molecular formula is C17H20N2O2. The average Bonchev–Trinajstić information content (AvgIpc) is 2.47. The van der Waals surface area contributed by atoms with Gasteiger partial charge in [-0.3, -0.25) is 9.59 Å². The van der Waals surface area contributed by atoms with Gasteiger partial charge in [-0.05, 0) is 37.0 Å². The van der Waals surface area contributed by atoms with Crippen molar-refractivity contribution in [1.82, 2.24) is 0 Å². The van der Waals surface area contributed by atoms with E-state index in [0.717, 1.165) is 23.2 Å². The zero-order chi connectivity index (χ0) is 15.0. The molecule has 1 aliphatic carbocycles. The van der Waals surface area contributed by atoms with Crippen LogP contribution in [0.4, 0.5) is 5.69 Å². The minimum Gasteiger partial charge on any atom is -0.381 e. The molecule has 1 aromatic rings. The summed E-state index contributed by atoms with van der Waals surface area (Å²) in [4.78, 5) is 24.4. The Morgan fingerprint density at radius 2 is 2.14 bits per heavy atom. The highest BCUT2D eigenvalue weighted by atomic mass is 16.2. The SMILES string of the molecule is CC1(C(N)=O)CCCC(=O)C1C1=Cc2ccccc2NC1. The summed E-state index contributed by atoms with van der Waals surface area (Å²) in [6, 6.07) is 7.97. The summed E-state index contributed by atoms with van der Waals surface area (Å²) in [6.07, 6.45) is 4.00. The van der Waals surface area contributed by atoms with E-state index in [4.69, 9.17) is 5.73 Å². The number of hydrogen-bond donors (Lipinski definition) is 2. The number of fused-ring (bicyclic) bond motifs is 1. The smallest absolute Gasteiger partial charge is 0.224 e. The number of primary amides is 1. The molecule has 4 heteroatoms. The van der Waals surface area contributed by atoms with Crippen LogP contribution in [0, 0.1) is 11.3 Å². The third kappa shape index (κ3) is 2.24. The van der Waals surface area contributed by atoms with Gasteiger partial charge in [0, 0.05) is 18.7 Å². The van der Waals surface area contributed by atoms with E-state index < -0.39 is 11.3 Å². The van der Waals surface area contributed by atoms with Crippen LogP contribution in [0.1, 0.15) is 31.7 Å². The highest BCUT2D eigenvalue weighted by Gasteiger charge is 2.47. The molecule has 0 saturated heterocycles. The largest absolute Gasteiger partial charge is 0.381 e. The number of Topliss-reactive ketones (excluding diaryl/α,β-unsaturated/α-hetero) is 1. The summed E-state index contributed by atoms with van der Waals surface area (Å²) in [7, 11) is 0. The van der Waals surface area contributed by atoms with Gasteiger partial charge in [-0.1, -0.05) is 24.3 Å². The van der Waals surface area contributed by atoms with Gasteiger partial charge in [0.2, 0.25) is 5.91 Å². The lowest BCUT2D eigenvalue weighted by molar-refractivity contribution is -0.140. The Hall–Kier alpha value is -2.10. The zero-order valence-electron chi connectivity index (χ0n) is 12.2. The minimum absolute atomic E-state index is 0.134. The van der Waals surface area contributed by atoms with Crippen LogP contribution in [0.5, 0.6) is 0 Å². The summed E-state index contributed by atoms with van der Waals surface area (Å²) in [5.74, 6) is -0.639. The molecule has 0 spiro atoms. The van der Waals surface area contributed by atoms with Crippen LogP contribution in [-0.2, 0) is 9.59 Å². The van der Waals surface area contributed by atoms with Crippen molar-refractivity contribution in [3.05, 3.63) is 35.4 Å². The molecule has 1 aliphatic heterocycles. The molecule has 2 atom stereocenters. The van der Waals surface area contributed by atoms with Crippen molar-refractivity contribution in [3.8, 4) is 0 Å². The Morgan fingerprint density at radius 3 is 2.90 bits per heavy atom. The summed E-state index contributed by atoms with van der Waals surface area (Å²) in [5.41, 5.74) is 7.94. The first-order valence-electron chi connectivity index (χ1n) is 7.38. The van der Waals surface area contributed by atoms with Crippen LogP contribution in [0.2, 0.25) is 0 Å². The van der Waals surface area contributed by atoms with Gasteiger partial charge in [-0.15, -0.1) is 0 Å². The molecule has 0 radical (unpaired) electrons. The van der Waals surface area contributed by atoms with Gasteiger partial charge in [0.15, 0.2) is 0 Å². The molecule has 1 saturated carbocycles. The van der Waals surface area contributed by atoms with Crippen LogP contribution in [0.25, 0.3) is 6.08 Å². The topological polar surface area (TPSA) is 72.2 Å². The monoisotopic (exact) mass is 284 g/mol. The minimum atomic E-state index is -0.769. The number of nitrogens with one attached hydrogen (secondary N) is 1. The van der Waals surface area contributed by atoms with Gasteiger partial charge in [0.25, 0.3) is 0 Å². The Balaban J connectivity index is 2.03. The Labute approximate surface area is 124 Å². The van der Waals surface area contributed by atoms with Crippen LogP contribution < -0.4 is 11.1 Å². The number of rotatable bonds is 2. The van der Waals surface area contributed by atoms with Gasteiger partial charge in [0.05, 0.1) is 11.3 Å². The second-order valence-corrected chi connectivity index (χ2v) is 6.19. The van der Waals surface area contributed by atoms with Crippen molar-refractivity contribution in [3.63, 3.8) is 0 Å². The van der Waals surface area contributed by atoms with Crippen LogP contribution in [0.3, 0.4) is 0 Å². The molecule has 1 fully saturated rings. The number of carbonyl (C=O) groups is 2. The van der Waals surface area contributed by atoms with Crippen LogP contribution in [0.15, 0.2) is 29.8 Å². The predicted octanol–water partition coefficient (Wildman–Crippen LogP) is 2.36. The number of benzene rings is 1. The van der Waals surface area contributed by atoms with Crippen LogP contribution >= 0.6 is 0 Å². The standard InChI is InChI=1S/C17H20N2O2/c1-17(16(18)21)8-4-7-14(20)15(17)12-9-11-5-2-3-6-13(11)19-10-12/h2-3,5-6,9,15,19H,4,7-8,10H2,1H3,(H2,18,21). The molecule has 1 amide bonds. The number of hydrogen-bond acceptors (Lipinski definition) is 3. The second-order valence-electron chi connectivity index (χ2n) is 6.19. The van der Waals surface area contributed by atoms with Crippen molar-refractivity contribution >= 4 is 23.5 Å². The summed E-state index contributed by atoms with van der Waals surface area (Å²) < 4.78 is 0. The number of anilines is 1. The number of para-hydroxylation sites is 1. The lowest BCUT2D eigenvalue weighted by atomic mass is 9.63. The Kier molecular flexibility index (Phi) is 3.32. The molecule has 110 valence electrons. The highest BCUT2D eigenvalue weighted by molar-refractivity contribution is 5.95. The van der Waals surface area contributed by atoms with Crippen LogP contribution in [-0.4, -0.2) is 18.2 Å². The van der Waals surface area contributed by atoms with E-state index >= 15 is 0 Å². The van der Waals surface area contributed by atoms with E-state index in [0.29, 0.717) is 19.4 Å². The number of carbonyl (C=O) groups excluding carboxylic acids is 2. The quantitative estimate of drug-likeness (QED) is 0.875. The first-order valence-corrected chi connectivity index (χ1v) is 7.38. The molecule has 1 aromatic carbocycles. The number of ketones is 1. The lowest BCUT2D eigenvalue weighted by Gasteiger charge is -2.40. The molecule has 4 nitrogen and oxygen atoms in total. The Morgan fingerprint density at radius 1 is 1.38 bits per heavy atom. The lowest BCUT2D eigenvalue weighted by Crippen LogP contribution is -2.48. The van der Waals surface area contributed by atoms with E-state index in [9.17, 15) is 9.59 Å². The molecule has 3 rings (SSSR count). The summed E-state index contributed by atoms with van der Waals surface area (Å²) in [6.45, 7) is 2.43. The molecule has 2 unspecified atom stereocenters. The fourth-order valence-corrected chi connectivity index (χ4v) is 3.57. The van der Waals surface area contributed by atoms with E-state index in [1.54, 1.807) is 0 Å². The third-order valence-corrected chi connectivity index (χ3v) is 4.80. The maximum atomic E-state index is 12.4. The second kappa shape index (κ2) is 5.02. The Bertz CT molecular complexity index is 635. The van der Waals surface area contributed by atoms with E-state index in [2.05, 4.69) is 5.32 Å². The first kappa shape index (κ1) is 13.9. The fraction of sp³-hybridized carbons (Fsp3) is 0.412. The normalized spacial score (nSPS) is 28.3. The van der Waals surface area contributed by atoms with Gasteiger partial charge in [0.1, 0.15) is 5.78 Å². The van der Waals surface area contributed by atoms with Crippen molar-refractivity contribution in [2.45, 2.75) is 26.2 Å². The maximum absolute atomic E-state index is 12.4. The molecule has 3 N–H and O–H groups in total. The van der Waals surface area contributed by atoms with Gasteiger partial charge < -0.3 is 11.1 Å². The maximum Gasteiger partial charge on any atom is 0.224 e. The summed E-state index contributed by atoms with van der Waals surface area (Å²) >= 11 is 0. The van der Waals surface area contributed by atoms with E-state index in [1.807, 2.05) is 37.3 Å². The first-order chi connectivity index (χ1) is 10.0. The number of nitrogens with two attached hydrogens (primary N) is 1. The van der Waals surface area contributed by atoms with E-state index in [-0.39, 0.29) is 11.7 Å². The van der Waals surface area contributed by atoms with Crippen molar-refractivity contribution < 1.29 is 9.59 Å².